The molecule has 0 heterocycles. The molecule has 0 spiro atoms. The molecule has 1 N–H and O–H groups in total. The number of aryl methyl sites for hydroxylation is 1. The van der Waals surface area contributed by atoms with E-state index in [2.05, 4.69) is 11.4 Å². The zero-order valence-corrected chi connectivity index (χ0v) is 10.5. The van der Waals surface area contributed by atoms with Gasteiger partial charge in [-0.3, -0.25) is 4.79 Å². The van der Waals surface area contributed by atoms with Gasteiger partial charge in [-0.1, -0.05) is 12.1 Å². The number of carbonyl (C=O) groups excluding carboxylic acids is 1. The van der Waals surface area contributed by atoms with Crippen LogP contribution in [-0.4, -0.2) is 12.5 Å². The lowest BCUT2D eigenvalue weighted by atomic mass is 10.1. The van der Waals surface area contributed by atoms with Gasteiger partial charge in [0.15, 0.2) is 0 Å². The lowest BCUT2D eigenvalue weighted by Gasteiger charge is -2.09. The van der Waals surface area contributed by atoms with Crippen molar-refractivity contribution in [2.75, 3.05) is 6.61 Å². The third kappa shape index (κ3) is 3.22. The first-order chi connectivity index (χ1) is 8.20. The topological polar surface area (TPSA) is 38.3 Å². The van der Waals surface area contributed by atoms with Crippen LogP contribution in [0.2, 0.25) is 0 Å². The monoisotopic (exact) mass is 233 g/mol. The van der Waals surface area contributed by atoms with Crippen LogP contribution in [-0.2, 0) is 11.3 Å². The van der Waals surface area contributed by atoms with Gasteiger partial charge in [0.05, 0.1) is 6.61 Å². The average molecular weight is 233 g/mol. The maximum absolute atomic E-state index is 11.5. The Hall–Kier alpha value is -1.51. The molecule has 17 heavy (non-hydrogen) atoms. The van der Waals surface area contributed by atoms with Gasteiger partial charge in [0.1, 0.15) is 5.75 Å². The van der Waals surface area contributed by atoms with Crippen LogP contribution in [0.5, 0.6) is 5.75 Å². The van der Waals surface area contributed by atoms with Gasteiger partial charge in [-0.2, -0.15) is 0 Å². The number of carbonyl (C=O) groups is 1. The molecule has 1 aliphatic carbocycles. The van der Waals surface area contributed by atoms with E-state index in [4.69, 9.17) is 4.74 Å². The van der Waals surface area contributed by atoms with Crippen molar-refractivity contribution in [3.63, 3.8) is 0 Å². The molecule has 1 amide bonds. The molecule has 92 valence electrons. The van der Waals surface area contributed by atoms with E-state index in [-0.39, 0.29) is 11.8 Å². The Balaban J connectivity index is 1.92. The Bertz CT molecular complexity index is 411. The number of hydrogen-bond donors (Lipinski definition) is 1. The Morgan fingerprint density at radius 3 is 2.82 bits per heavy atom. The summed E-state index contributed by atoms with van der Waals surface area (Å²) in [6.07, 6.45) is 2.10. The third-order valence-corrected chi connectivity index (χ3v) is 2.95. The molecule has 3 heteroatoms. The maximum atomic E-state index is 11.5. The number of amides is 1. The van der Waals surface area contributed by atoms with Gasteiger partial charge >= 0.3 is 0 Å². The van der Waals surface area contributed by atoms with Crippen molar-refractivity contribution >= 4 is 5.91 Å². The average Bonchev–Trinajstić information content (AvgIpc) is 3.13. The van der Waals surface area contributed by atoms with Crippen LogP contribution in [0, 0.1) is 12.8 Å². The molecular formula is C14H19NO2. The lowest BCUT2D eigenvalue weighted by Crippen LogP contribution is -2.24. The van der Waals surface area contributed by atoms with E-state index >= 15 is 0 Å². The van der Waals surface area contributed by atoms with Gasteiger partial charge in [-0.25, -0.2) is 0 Å². The van der Waals surface area contributed by atoms with E-state index in [9.17, 15) is 4.79 Å². The zero-order chi connectivity index (χ0) is 12.3. The van der Waals surface area contributed by atoms with Crippen molar-refractivity contribution in [3.05, 3.63) is 29.3 Å². The molecule has 0 bridgehead atoms. The fourth-order valence-electron chi connectivity index (χ4n) is 1.82. The van der Waals surface area contributed by atoms with Crippen LogP contribution >= 0.6 is 0 Å². The lowest BCUT2D eigenvalue weighted by molar-refractivity contribution is -0.122. The predicted molar refractivity (Wildman–Crippen MR) is 66.9 cm³/mol. The standard InChI is InChI=1S/C14H19NO2/c1-3-17-13-7-4-11(8-10(13)2)9-15-14(16)12-5-6-12/h4,7-8,12H,3,5-6,9H2,1-2H3,(H,15,16). The second kappa shape index (κ2) is 5.21. The van der Waals surface area contributed by atoms with E-state index in [0.29, 0.717) is 13.2 Å². The zero-order valence-electron chi connectivity index (χ0n) is 10.5. The van der Waals surface area contributed by atoms with Gasteiger partial charge < -0.3 is 10.1 Å². The molecule has 1 aliphatic rings. The SMILES string of the molecule is CCOc1ccc(CNC(=O)C2CC2)cc1C. The molecule has 0 atom stereocenters. The summed E-state index contributed by atoms with van der Waals surface area (Å²) >= 11 is 0. The fraction of sp³-hybridized carbons (Fsp3) is 0.500. The Morgan fingerprint density at radius 2 is 2.24 bits per heavy atom. The summed E-state index contributed by atoms with van der Waals surface area (Å²) in [6.45, 7) is 5.29. The third-order valence-electron chi connectivity index (χ3n) is 2.95. The first kappa shape index (κ1) is 12.0. The van der Waals surface area contributed by atoms with Gasteiger partial charge in [0.25, 0.3) is 0 Å². The number of hydrogen-bond acceptors (Lipinski definition) is 2. The first-order valence-corrected chi connectivity index (χ1v) is 6.20. The van der Waals surface area contributed by atoms with E-state index in [1.807, 2.05) is 26.0 Å². The second-order valence-corrected chi connectivity index (χ2v) is 4.52. The van der Waals surface area contributed by atoms with Crippen LogP contribution in [0.3, 0.4) is 0 Å². The van der Waals surface area contributed by atoms with Crippen molar-refractivity contribution in [2.24, 2.45) is 5.92 Å². The van der Waals surface area contributed by atoms with Gasteiger partial charge in [0.2, 0.25) is 5.91 Å². The quantitative estimate of drug-likeness (QED) is 0.848. The molecular weight excluding hydrogens is 214 g/mol. The van der Waals surface area contributed by atoms with Crippen molar-refractivity contribution < 1.29 is 9.53 Å². The number of ether oxygens (including phenoxy) is 1. The van der Waals surface area contributed by atoms with Gasteiger partial charge in [0, 0.05) is 12.5 Å². The van der Waals surface area contributed by atoms with E-state index < -0.39 is 0 Å². The van der Waals surface area contributed by atoms with Crippen LogP contribution in [0.25, 0.3) is 0 Å². The van der Waals surface area contributed by atoms with E-state index in [0.717, 1.165) is 29.7 Å². The highest BCUT2D eigenvalue weighted by Gasteiger charge is 2.29. The van der Waals surface area contributed by atoms with Crippen molar-refractivity contribution in [2.45, 2.75) is 33.2 Å². The fourth-order valence-corrected chi connectivity index (χ4v) is 1.82. The van der Waals surface area contributed by atoms with Crippen molar-refractivity contribution in [1.29, 1.82) is 0 Å². The first-order valence-electron chi connectivity index (χ1n) is 6.20. The number of rotatable bonds is 5. The minimum atomic E-state index is 0.191. The smallest absolute Gasteiger partial charge is 0.223 e. The summed E-state index contributed by atoms with van der Waals surface area (Å²) in [5.74, 6) is 1.39. The Morgan fingerprint density at radius 1 is 1.47 bits per heavy atom. The molecule has 1 saturated carbocycles. The van der Waals surface area contributed by atoms with E-state index in [1.54, 1.807) is 0 Å². The highest BCUT2D eigenvalue weighted by atomic mass is 16.5. The molecule has 1 aromatic rings. The summed E-state index contributed by atoms with van der Waals surface area (Å²) in [4.78, 5) is 11.5. The Labute approximate surface area is 102 Å². The molecule has 3 nitrogen and oxygen atoms in total. The molecule has 0 saturated heterocycles. The molecule has 1 aromatic carbocycles. The summed E-state index contributed by atoms with van der Waals surface area (Å²) in [5, 5.41) is 2.96. The summed E-state index contributed by atoms with van der Waals surface area (Å²) < 4.78 is 5.48. The molecule has 0 aliphatic heterocycles. The highest BCUT2D eigenvalue weighted by molar-refractivity contribution is 5.80. The Kier molecular flexibility index (Phi) is 3.67. The minimum Gasteiger partial charge on any atom is -0.494 e. The summed E-state index contributed by atoms with van der Waals surface area (Å²) in [7, 11) is 0. The largest absolute Gasteiger partial charge is 0.494 e. The van der Waals surface area contributed by atoms with Crippen molar-refractivity contribution in [3.8, 4) is 5.75 Å². The van der Waals surface area contributed by atoms with Crippen LogP contribution < -0.4 is 10.1 Å². The maximum Gasteiger partial charge on any atom is 0.223 e. The normalized spacial score (nSPS) is 14.5. The van der Waals surface area contributed by atoms with Crippen LogP contribution in [0.4, 0.5) is 0 Å². The molecule has 1 fully saturated rings. The van der Waals surface area contributed by atoms with E-state index in [1.165, 1.54) is 0 Å². The second-order valence-electron chi connectivity index (χ2n) is 4.52. The highest BCUT2D eigenvalue weighted by Crippen LogP contribution is 2.28. The van der Waals surface area contributed by atoms with Crippen molar-refractivity contribution in [1.82, 2.24) is 5.32 Å². The predicted octanol–water partition coefficient (Wildman–Crippen LogP) is 2.42. The minimum absolute atomic E-state index is 0.191. The summed E-state index contributed by atoms with van der Waals surface area (Å²) in [6, 6.07) is 6.04. The molecule has 0 radical (unpaired) electrons. The van der Waals surface area contributed by atoms with Gasteiger partial charge in [-0.15, -0.1) is 0 Å². The van der Waals surface area contributed by atoms with Gasteiger partial charge in [-0.05, 0) is 43.9 Å². The van der Waals surface area contributed by atoms with Crippen LogP contribution in [0.1, 0.15) is 30.9 Å². The van der Waals surface area contributed by atoms with Crippen LogP contribution in [0.15, 0.2) is 18.2 Å². The number of nitrogens with one attached hydrogen (secondary N) is 1. The molecule has 2 rings (SSSR count). The molecule has 0 aromatic heterocycles. The summed E-state index contributed by atoms with van der Waals surface area (Å²) in [5.41, 5.74) is 2.24. The number of benzene rings is 1. The molecule has 0 unspecified atom stereocenters.